The van der Waals surface area contributed by atoms with Crippen LogP contribution in [0.5, 0.6) is 0 Å². The minimum absolute atomic E-state index is 0.0126. The maximum absolute atomic E-state index is 4.28. The van der Waals surface area contributed by atoms with Gasteiger partial charge in [0.15, 0.2) is 5.17 Å². The lowest BCUT2D eigenvalue weighted by atomic mass is 10.1. The van der Waals surface area contributed by atoms with Crippen molar-refractivity contribution in [3.05, 3.63) is 11.5 Å². The first-order chi connectivity index (χ1) is 5.06. The number of rotatable bonds is 1. The second kappa shape index (κ2) is 2.89. The zero-order chi connectivity index (χ0) is 8.48. The topological polar surface area (TPSA) is 24.4 Å². The Morgan fingerprint density at radius 1 is 1.64 bits per heavy atom. The largest absolute Gasteiger partial charge is 0.355 e. The van der Waals surface area contributed by atoms with E-state index in [1.165, 1.54) is 0 Å². The molecule has 0 atom stereocenters. The standard InChI is InChI=1S/C8H14N2S/c1-5-9-7-10-8(3,4)6(2)11-7/h2,5H2,1,3-4H3,(H,9,10). The molecule has 1 fully saturated rings. The fourth-order valence-electron chi connectivity index (χ4n) is 0.822. The Morgan fingerprint density at radius 2 is 2.27 bits per heavy atom. The molecule has 0 spiro atoms. The van der Waals surface area contributed by atoms with Gasteiger partial charge in [-0.25, -0.2) is 0 Å². The maximum Gasteiger partial charge on any atom is 0.161 e. The van der Waals surface area contributed by atoms with Crippen LogP contribution in [0.15, 0.2) is 16.5 Å². The third-order valence-corrected chi connectivity index (χ3v) is 2.82. The molecule has 0 aliphatic carbocycles. The Kier molecular flexibility index (Phi) is 2.28. The van der Waals surface area contributed by atoms with E-state index in [1.807, 2.05) is 6.92 Å². The normalized spacial score (nSPS) is 25.7. The van der Waals surface area contributed by atoms with Crippen molar-refractivity contribution in [3.63, 3.8) is 0 Å². The van der Waals surface area contributed by atoms with Gasteiger partial charge in [0, 0.05) is 11.4 Å². The molecular formula is C8H14N2S. The Balaban J connectivity index is 2.72. The van der Waals surface area contributed by atoms with Crippen molar-refractivity contribution in [3.8, 4) is 0 Å². The second-order valence-corrected chi connectivity index (χ2v) is 4.14. The molecule has 1 aliphatic rings. The van der Waals surface area contributed by atoms with E-state index in [2.05, 4.69) is 30.7 Å². The number of amidine groups is 1. The summed E-state index contributed by atoms with van der Waals surface area (Å²) in [4.78, 5) is 5.42. The van der Waals surface area contributed by atoms with Crippen LogP contribution in [-0.2, 0) is 0 Å². The van der Waals surface area contributed by atoms with Crippen molar-refractivity contribution in [1.29, 1.82) is 0 Å². The lowest BCUT2D eigenvalue weighted by Crippen LogP contribution is -2.35. The highest BCUT2D eigenvalue weighted by Gasteiger charge is 2.31. The first-order valence-electron chi connectivity index (χ1n) is 3.76. The molecule has 0 aromatic carbocycles. The van der Waals surface area contributed by atoms with Crippen LogP contribution < -0.4 is 5.32 Å². The lowest BCUT2D eigenvalue weighted by Gasteiger charge is -2.17. The molecule has 0 aromatic heterocycles. The van der Waals surface area contributed by atoms with E-state index in [9.17, 15) is 0 Å². The van der Waals surface area contributed by atoms with Crippen LogP contribution >= 0.6 is 11.8 Å². The van der Waals surface area contributed by atoms with E-state index in [0.717, 1.165) is 16.6 Å². The fraction of sp³-hybridized carbons (Fsp3) is 0.625. The molecule has 1 N–H and O–H groups in total. The summed E-state index contributed by atoms with van der Waals surface area (Å²) < 4.78 is 0. The molecule has 11 heavy (non-hydrogen) atoms. The van der Waals surface area contributed by atoms with E-state index in [0.29, 0.717) is 0 Å². The number of hydrogen-bond acceptors (Lipinski definition) is 2. The lowest BCUT2D eigenvalue weighted by molar-refractivity contribution is 0.582. The summed E-state index contributed by atoms with van der Waals surface area (Å²) in [6, 6.07) is 0. The van der Waals surface area contributed by atoms with E-state index >= 15 is 0 Å². The molecule has 0 saturated carbocycles. The number of hydrogen-bond donors (Lipinski definition) is 1. The fourth-order valence-corrected chi connectivity index (χ4v) is 1.86. The van der Waals surface area contributed by atoms with Gasteiger partial charge in [0.1, 0.15) is 0 Å². The second-order valence-electron chi connectivity index (χ2n) is 3.05. The van der Waals surface area contributed by atoms with Gasteiger partial charge in [-0.05, 0) is 20.8 Å². The smallest absolute Gasteiger partial charge is 0.161 e. The SMILES string of the molecule is C=C1SC(=NCC)NC1(C)C. The van der Waals surface area contributed by atoms with Crippen LogP contribution in [0.25, 0.3) is 0 Å². The summed E-state index contributed by atoms with van der Waals surface area (Å²) in [7, 11) is 0. The highest BCUT2D eigenvalue weighted by atomic mass is 32.2. The van der Waals surface area contributed by atoms with Gasteiger partial charge in [0.05, 0.1) is 5.54 Å². The molecule has 1 heterocycles. The quantitative estimate of drug-likeness (QED) is 0.651. The maximum atomic E-state index is 4.28. The Bertz CT molecular complexity index is 206. The monoisotopic (exact) mass is 170 g/mol. The Hall–Kier alpha value is -0.440. The molecule has 0 radical (unpaired) electrons. The molecule has 1 aliphatic heterocycles. The van der Waals surface area contributed by atoms with Crippen LogP contribution in [0.2, 0.25) is 0 Å². The van der Waals surface area contributed by atoms with Gasteiger partial charge in [0.2, 0.25) is 0 Å². The summed E-state index contributed by atoms with van der Waals surface area (Å²) in [6.07, 6.45) is 0. The zero-order valence-corrected chi connectivity index (χ0v) is 8.09. The van der Waals surface area contributed by atoms with Crippen molar-refractivity contribution < 1.29 is 0 Å². The van der Waals surface area contributed by atoms with Crippen molar-refractivity contribution in [2.24, 2.45) is 4.99 Å². The zero-order valence-electron chi connectivity index (χ0n) is 7.27. The summed E-state index contributed by atoms with van der Waals surface area (Å²) in [5.74, 6) is 0. The molecule has 3 heteroatoms. The molecule has 62 valence electrons. The van der Waals surface area contributed by atoms with Gasteiger partial charge in [-0.1, -0.05) is 18.3 Å². The van der Waals surface area contributed by atoms with E-state index in [1.54, 1.807) is 11.8 Å². The molecule has 0 aromatic rings. The van der Waals surface area contributed by atoms with Crippen LogP contribution in [-0.4, -0.2) is 17.3 Å². The van der Waals surface area contributed by atoms with Crippen LogP contribution in [0.4, 0.5) is 0 Å². The molecule has 1 saturated heterocycles. The molecule has 2 nitrogen and oxygen atoms in total. The number of thioether (sulfide) groups is 1. The van der Waals surface area contributed by atoms with Crippen LogP contribution in [0.1, 0.15) is 20.8 Å². The highest BCUT2D eigenvalue weighted by Crippen LogP contribution is 2.33. The Morgan fingerprint density at radius 3 is 2.64 bits per heavy atom. The van der Waals surface area contributed by atoms with E-state index in [-0.39, 0.29) is 5.54 Å². The number of nitrogens with one attached hydrogen (secondary N) is 1. The van der Waals surface area contributed by atoms with Crippen LogP contribution in [0, 0.1) is 0 Å². The summed E-state index contributed by atoms with van der Waals surface area (Å²) in [6.45, 7) is 11.0. The van der Waals surface area contributed by atoms with Gasteiger partial charge in [-0.3, -0.25) is 4.99 Å². The number of aliphatic imine (C=N–C) groups is 1. The Labute approximate surface area is 72.2 Å². The minimum Gasteiger partial charge on any atom is -0.355 e. The highest BCUT2D eigenvalue weighted by molar-refractivity contribution is 8.17. The van der Waals surface area contributed by atoms with Crippen LogP contribution in [0.3, 0.4) is 0 Å². The number of nitrogens with zero attached hydrogens (tertiary/aromatic N) is 1. The van der Waals surface area contributed by atoms with Gasteiger partial charge < -0.3 is 5.32 Å². The third kappa shape index (κ3) is 1.77. The molecule has 0 unspecified atom stereocenters. The average Bonchev–Trinajstić information content (AvgIpc) is 2.08. The van der Waals surface area contributed by atoms with E-state index < -0.39 is 0 Å². The third-order valence-electron chi connectivity index (χ3n) is 1.64. The molecule has 1 rings (SSSR count). The molecule has 0 bridgehead atoms. The predicted molar refractivity (Wildman–Crippen MR) is 51.9 cm³/mol. The summed E-state index contributed by atoms with van der Waals surface area (Å²) in [5.41, 5.74) is 0.0126. The molecular weight excluding hydrogens is 156 g/mol. The van der Waals surface area contributed by atoms with Crippen molar-refractivity contribution in [1.82, 2.24) is 5.32 Å². The molecule has 0 amide bonds. The summed E-state index contributed by atoms with van der Waals surface area (Å²) in [5, 5.41) is 4.30. The van der Waals surface area contributed by atoms with Gasteiger partial charge in [-0.2, -0.15) is 0 Å². The summed E-state index contributed by atoms with van der Waals surface area (Å²) >= 11 is 1.64. The van der Waals surface area contributed by atoms with Crippen molar-refractivity contribution in [2.45, 2.75) is 26.3 Å². The van der Waals surface area contributed by atoms with Gasteiger partial charge >= 0.3 is 0 Å². The van der Waals surface area contributed by atoms with Crippen molar-refractivity contribution in [2.75, 3.05) is 6.54 Å². The first-order valence-corrected chi connectivity index (χ1v) is 4.58. The predicted octanol–water partition coefficient (Wildman–Crippen LogP) is 1.99. The van der Waals surface area contributed by atoms with E-state index in [4.69, 9.17) is 0 Å². The average molecular weight is 170 g/mol. The van der Waals surface area contributed by atoms with Crippen molar-refractivity contribution >= 4 is 16.9 Å². The van der Waals surface area contributed by atoms with Gasteiger partial charge in [0.25, 0.3) is 0 Å². The van der Waals surface area contributed by atoms with Gasteiger partial charge in [-0.15, -0.1) is 0 Å². The minimum atomic E-state index is 0.0126. The first kappa shape index (κ1) is 8.65.